The Hall–Kier alpha value is -3.09. The lowest BCUT2D eigenvalue weighted by atomic mass is 10.1. The monoisotopic (exact) mass is 342 g/mol. The van der Waals surface area contributed by atoms with Gasteiger partial charge in [0.2, 0.25) is 17.7 Å². The molecule has 2 rings (SSSR count). The molecule has 0 atom stereocenters. The average Bonchev–Trinajstić information content (AvgIpc) is 3.16. The smallest absolute Gasteiger partial charge is 0.239 e. The van der Waals surface area contributed by atoms with Gasteiger partial charge in [-0.2, -0.15) is 0 Å². The van der Waals surface area contributed by atoms with Crippen molar-refractivity contribution in [3.63, 3.8) is 0 Å². The first-order chi connectivity index (χ1) is 12.0. The van der Waals surface area contributed by atoms with Crippen LogP contribution in [0.3, 0.4) is 0 Å². The second-order valence-corrected chi connectivity index (χ2v) is 5.53. The quantitative estimate of drug-likeness (QED) is 0.761. The summed E-state index contributed by atoms with van der Waals surface area (Å²) in [5.41, 5.74) is 1.81. The SMILES string of the molecule is CNC(=O)CN(CC(=O)NC)C(=O)Cc1ccc(-n2cccc2)cc1. The fraction of sp³-hybridized carbons (Fsp3) is 0.278. The van der Waals surface area contributed by atoms with Crippen LogP contribution in [0.2, 0.25) is 0 Å². The molecule has 132 valence electrons. The maximum atomic E-state index is 12.5. The third-order valence-electron chi connectivity index (χ3n) is 3.77. The highest BCUT2D eigenvalue weighted by Gasteiger charge is 2.19. The lowest BCUT2D eigenvalue weighted by Crippen LogP contribution is -2.45. The van der Waals surface area contributed by atoms with Crippen molar-refractivity contribution < 1.29 is 14.4 Å². The molecular weight excluding hydrogens is 320 g/mol. The minimum atomic E-state index is -0.319. The first kappa shape index (κ1) is 18.3. The van der Waals surface area contributed by atoms with E-state index in [2.05, 4.69) is 10.6 Å². The van der Waals surface area contributed by atoms with E-state index in [4.69, 9.17) is 0 Å². The van der Waals surface area contributed by atoms with Crippen molar-refractivity contribution in [2.75, 3.05) is 27.2 Å². The van der Waals surface area contributed by atoms with E-state index in [-0.39, 0.29) is 37.2 Å². The zero-order valence-electron chi connectivity index (χ0n) is 14.4. The number of rotatable bonds is 7. The number of nitrogens with one attached hydrogen (secondary N) is 2. The molecule has 1 aromatic heterocycles. The molecule has 0 aliphatic rings. The summed E-state index contributed by atoms with van der Waals surface area (Å²) in [5, 5.41) is 4.92. The third kappa shape index (κ3) is 5.20. The standard InChI is InChI=1S/C18H22N4O3/c1-19-16(23)12-22(13-17(24)20-2)18(25)11-14-5-7-15(8-6-14)21-9-3-4-10-21/h3-10H,11-13H2,1-2H3,(H,19,23)(H,20,24). The lowest BCUT2D eigenvalue weighted by molar-refractivity contribution is -0.138. The van der Waals surface area contributed by atoms with Crippen LogP contribution in [0.5, 0.6) is 0 Å². The number of nitrogens with zero attached hydrogens (tertiary/aromatic N) is 2. The molecule has 2 aromatic rings. The Morgan fingerprint density at radius 3 is 1.92 bits per heavy atom. The normalized spacial score (nSPS) is 10.2. The Labute approximate surface area is 146 Å². The van der Waals surface area contributed by atoms with Crippen molar-refractivity contribution >= 4 is 17.7 Å². The van der Waals surface area contributed by atoms with Gasteiger partial charge in [0.25, 0.3) is 0 Å². The molecule has 0 saturated heterocycles. The van der Waals surface area contributed by atoms with Gasteiger partial charge in [-0.1, -0.05) is 12.1 Å². The van der Waals surface area contributed by atoms with Gasteiger partial charge in [-0.25, -0.2) is 0 Å². The third-order valence-corrected chi connectivity index (χ3v) is 3.77. The van der Waals surface area contributed by atoms with E-state index < -0.39 is 0 Å². The second kappa shape index (κ2) is 8.68. The molecule has 7 heteroatoms. The van der Waals surface area contributed by atoms with Crippen LogP contribution in [-0.2, 0) is 20.8 Å². The number of benzene rings is 1. The zero-order valence-corrected chi connectivity index (χ0v) is 14.4. The topological polar surface area (TPSA) is 83.4 Å². The molecule has 0 spiro atoms. The molecule has 25 heavy (non-hydrogen) atoms. The molecule has 0 radical (unpaired) electrons. The Bertz CT molecular complexity index is 705. The predicted octanol–water partition coefficient (Wildman–Crippen LogP) is 0.340. The molecular formula is C18H22N4O3. The number of likely N-dealkylation sites (N-methyl/N-ethyl adjacent to an activating group) is 2. The van der Waals surface area contributed by atoms with Crippen molar-refractivity contribution in [1.29, 1.82) is 0 Å². The minimum Gasteiger partial charge on any atom is -0.358 e. The zero-order chi connectivity index (χ0) is 18.2. The van der Waals surface area contributed by atoms with Crippen molar-refractivity contribution in [3.8, 4) is 5.69 Å². The molecule has 0 saturated carbocycles. The predicted molar refractivity (Wildman–Crippen MR) is 94.2 cm³/mol. The van der Waals surface area contributed by atoms with Gasteiger partial charge in [-0.3, -0.25) is 14.4 Å². The van der Waals surface area contributed by atoms with E-state index in [1.165, 1.54) is 19.0 Å². The number of amides is 3. The lowest BCUT2D eigenvalue weighted by Gasteiger charge is -2.21. The fourth-order valence-electron chi connectivity index (χ4n) is 2.32. The maximum Gasteiger partial charge on any atom is 0.239 e. The number of carbonyl (C=O) groups is 3. The van der Waals surface area contributed by atoms with Crippen LogP contribution in [-0.4, -0.2) is 54.4 Å². The summed E-state index contributed by atoms with van der Waals surface area (Å²) in [6.07, 6.45) is 4.00. The Morgan fingerprint density at radius 1 is 0.920 bits per heavy atom. The number of hydrogen-bond acceptors (Lipinski definition) is 3. The number of aromatic nitrogens is 1. The van der Waals surface area contributed by atoms with Crippen molar-refractivity contribution in [2.24, 2.45) is 0 Å². The van der Waals surface area contributed by atoms with Gasteiger partial charge >= 0.3 is 0 Å². The molecule has 0 fully saturated rings. The van der Waals surface area contributed by atoms with Crippen LogP contribution >= 0.6 is 0 Å². The van der Waals surface area contributed by atoms with Crippen molar-refractivity contribution in [1.82, 2.24) is 20.1 Å². The minimum absolute atomic E-state index is 0.125. The van der Waals surface area contributed by atoms with Crippen LogP contribution in [0, 0.1) is 0 Å². The van der Waals surface area contributed by atoms with Crippen molar-refractivity contribution in [3.05, 3.63) is 54.4 Å². The summed E-state index contributed by atoms with van der Waals surface area (Å²) in [6, 6.07) is 11.4. The summed E-state index contributed by atoms with van der Waals surface area (Å²) in [5.74, 6) is -0.915. The maximum absolute atomic E-state index is 12.5. The molecule has 2 N–H and O–H groups in total. The van der Waals surface area contributed by atoms with Gasteiger partial charge in [0.15, 0.2) is 0 Å². The highest BCUT2D eigenvalue weighted by atomic mass is 16.2. The Kier molecular flexibility index (Phi) is 6.33. The van der Waals surface area contributed by atoms with Gasteiger partial charge in [-0.05, 0) is 29.8 Å². The molecule has 3 amide bonds. The molecule has 1 heterocycles. The van der Waals surface area contributed by atoms with E-state index in [1.807, 2.05) is 53.4 Å². The van der Waals surface area contributed by atoms with Crippen LogP contribution < -0.4 is 10.6 Å². The van der Waals surface area contributed by atoms with E-state index in [0.717, 1.165) is 11.3 Å². The van der Waals surface area contributed by atoms with E-state index in [1.54, 1.807) is 0 Å². The Balaban J connectivity index is 2.05. The summed E-state index contributed by atoms with van der Waals surface area (Å²) >= 11 is 0. The van der Waals surface area contributed by atoms with Crippen LogP contribution in [0.25, 0.3) is 5.69 Å². The molecule has 0 aliphatic heterocycles. The van der Waals surface area contributed by atoms with Gasteiger partial charge in [-0.15, -0.1) is 0 Å². The summed E-state index contributed by atoms with van der Waals surface area (Å²) in [7, 11) is 2.98. The van der Waals surface area contributed by atoms with E-state index >= 15 is 0 Å². The fourth-order valence-corrected chi connectivity index (χ4v) is 2.32. The van der Waals surface area contributed by atoms with Gasteiger partial charge in [0.05, 0.1) is 6.42 Å². The van der Waals surface area contributed by atoms with E-state index in [9.17, 15) is 14.4 Å². The van der Waals surface area contributed by atoms with Crippen LogP contribution in [0.1, 0.15) is 5.56 Å². The van der Waals surface area contributed by atoms with Crippen LogP contribution in [0.15, 0.2) is 48.8 Å². The van der Waals surface area contributed by atoms with Crippen LogP contribution in [0.4, 0.5) is 0 Å². The summed E-state index contributed by atoms with van der Waals surface area (Å²) < 4.78 is 1.97. The van der Waals surface area contributed by atoms with Gasteiger partial charge in [0.1, 0.15) is 13.1 Å². The second-order valence-electron chi connectivity index (χ2n) is 5.53. The van der Waals surface area contributed by atoms with E-state index in [0.29, 0.717) is 0 Å². The number of hydrogen-bond donors (Lipinski definition) is 2. The Morgan fingerprint density at radius 2 is 1.44 bits per heavy atom. The van der Waals surface area contributed by atoms with Crippen molar-refractivity contribution in [2.45, 2.75) is 6.42 Å². The molecule has 1 aromatic carbocycles. The first-order valence-corrected chi connectivity index (χ1v) is 7.94. The highest BCUT2D eigenvalue weighted by Crippen LogP contribution is 2.11. The highest BCUT2D eigenvalue weighted by molar-refractivity contribution is 5.89. The molecule has 0 aliphatic carbocycles. The molecule has 0 bridgehead atoms. The summed E-state index contributed by atoms with van der Waals surface area (Å²) in [4.78, 5) is 36.9. The number of carbonyl (C=O) groups excluding carboxylic acids is 3. The molecule has 7 nitrogen and oxygen atoms in total. The van der Waals surface area contributed by atoms with Gasteiger partial charge in [0, 0.05) is 32.2 Å². The average molecular weight is 342 g/mol. The first-order valence-electron chi connectivity index (χ1n) is 7.94. The summed E-state index contributed by atoms with van der Waals surface area (Å²) in [6.45, 7) is -0.297. The van der Waals surface area contributed by atoms with Gasteiger partial charge < -0.3 is 20.1 Å². The molecule has 0 unspecified atom stereocenters. The largest absolute Gasteiger partial charge is 0.358 e.